The quantitative estimate of drug-likeness (QED) is 0.488. The van der Waals surface area contributed by atoms with Gasteiger partial charge in [0.05, 0.1) is 17.2 Å². The summed E-state index contributed by atoms with van der Waals surface area (Å²) in [6.07, 6.45) is 3.69. The Bertz CT molecular complexity index is 1140. The lowest BCUT2D eigenvalue weighted by molar-refractivity contribution is 0.1000. The molecule has 6 heteroatoms. The van der Waals surface area contributed by atoms with Crippen molar-refractivity contribution >= 4 is 5.91 Å². The van der Waals surface area contributed by atoms with Crippen LogP contribution >= 0.6 is 0 Å². The van der Waals surface area contributed by atoms with Crippen molar-refractivity contribution in [3.63, 3.8) is 0 Å². The van der Waals surface area contributed by atoms with Crippen LogP contribution in [0.15, 0.2) is 42.5 Å². The number of nitrogens with two attached hydrogens (primary N) is 1. The number of rotatable bonds is 8. The zero-order valence-electron chi connectivity index (χ0n) is 17.7. The molecule has 0 aliphatic carbocycles. The van der Waals surface area contributed by atoms with Gasteiger partial charge < -0.3 is 10.3 Å². The van der Waals surface area contributed by atoms with Crippen LogP contribution in [0.5, 0.6) is 0 Å². The summed E-state index contributed by atoms with van der Waals surface area (Å²) in [5, 5.41) is 9.11. The molecule has 0 radical (unpaired) electrons. The summed E-state index contributed by atoms with van der Waals surface area (Å²) in [5.41, 5.74) is 10.5. The van der Waals surface area contributed by atoms with Crippen LogP contribution in [-0.2, 0) is 13.0 Å². The van der Waals surface area contributed by atoms with Crippen molar-refractivity contribution in [3.05, 3.63) is 82.2 Å². The summed E-state index contributed by atoms with van der Waals surface area (Å²) in [5.74, 6) is -2.35. The molecule has 2 aromatic carbocycles. The molecular formula is C25H25F2N3O. The molecule has 0 fully saturated rings. The number of hydrogen-bond donors (Lipinski definition) is 1. The number of nitrogens with zero attached hydrogens (tertiary/aromatic N) is 2. The van der Waals surface area contributed by atoms with Crippen molar-refractivity contribution in [1.29, 1.82) is 5.26 Å². The zero-order chi connectivity index (χ0) is 22.5. The third kappa shape index (κ3) is 4.66. The Balaban J connectivity index is 2.19. The zero-order valence-corrected chi connectivity index (χ0v) is 17.7. The van der Waals surface area contributed by atoms with Gasteiger partial charge in [0.25, 0.3) is 5.91 Å². The highest BCUT2D eigenvalue weighted by atomic mass is 19.2. The summed E-state index contributed by atoms with van der Waals surface area (Å²) < 4.78 is 29.2. The predicted molar refractivity (Wildman–Crippen MR) is 117 cm³/mol. The van der Waals surface area contributed by atoms with Crippen molar-refractivity contribution in [2.24, 2.45) is 5.73 Å². The molecule has 0 unspecified atom stereocenters. The van der Waals surface area contributed by atoms with Crippen LogP contribution in [0.25, 0.3) is 11.1 Å². The second-order valence-corrected chi connectivity index (χ2v) is 7.63. The third-order valence-electron chi connectivity index (χ3n) is 5.52. The van der Waals surface area contributed by atoms with E-state index < -0.39 is 17.5 Å². The topological polar surface area (TPSA) is 71.8 Å². The van der Waals surface area contributed by atoms with E-state index in [0.29, 0.717) is 35.3 Å². The van der Waals surface area contributed by atoms with Crippen molar-refractivity contribution in [2.45, 2.75) is 46.1 Å². The number of unbranched alkanes of at least 4 members (excludes halogenated alkanes) is 2. The highest BCUT2D eigenvalue weighted by Gasteiger charge is 2.25. The van der Waals surface area contributed by atoms with Gasteiger partial charge in [0, 0.05) is 23.5 Å². The number of halogens is 2. The minimum atomic E-state index is -0.905. The van der Waals surface area contributed by atoms with Crippen LogP contribution in [0, 0.1) is 29.9 Å². The maximum absolute atomic E-state index is 13.8. The minimum absolute atomic E-state index is 0.293. The number of nitriles is 1. The molecule has 0 saturated carbocycles. The highest BCUT2D eigenvalue weighted by Crippen LogP contribution is 2.34. The SMILES string of the molecule is CCCCCc1c(-c2ccc(C#N)cc2)c(C(N)=O)c(C)n1Cc1ccc(F)c(F)c1. The van der Waals surface area contributed by atoms with Gasteiger partial charge in [0.15, 0.2) is 11.6 Å². The Morgan fingerprint density at radius 1 is 1.10 bits per heavy atom. The summed E-state index contributed by atoms with van der Waals surface area (Å²) in [7, 11) is 0. The average molecular weight is 421 g/mol. The molecule has 0 aliphatic heterocycles. The van der Waals surface area contributed by atoms with E-state index in [-0.39, 0.29) is 0 Å². The van der Waals surface area contributed by atoms with Gasteiger partial charge in [0.2, 0.25) is 0 Å². The molecule has 0 spiro atoms. The first-order chi connectivity index (χ1) is 14.9. The Kier molecular flexibility index (Phi) is 6.86. The molecule has 0 saturated heterocycles. The Morgan fingerprint density at radius 3 is 2.39 bits per heavy atom. The molecule has 160 valence electrons. The van der Waals surface area contributed by atoms with E-state index in [4.69, 9.17) is 11.0 Å². The van der Waals surface area contributed by atoms with E-state index in [1.807, 2.05) is 23.6 Å². The van der Waals surface area contributed by atoms with Crippen molar-refractivity contribution < 1.29 is 13.6 Å². The van der Waals surface area contributed by atoms with Gasteiger partial charge in [-0.2, -0.15) is 5.26 Å². The molecule has 2 N–H and O–H groups in total. The molecule has 31 heavy (non-hydrogen) atoms. The van der Waals surface area contributed by atoms with Gasteiger partial charge in [-0.1, -0.05) is 38.0 Å². The van der Waals surface area contributed by atoms with Crippen LogP contribution in [0.2, 0.25) is 0 Å². The molecular weight excluding hydrogens is 396 g/mol. The largest absolute Gasteiger partial charge is 0.366 e. The number of benzene rings is 2. The summed E-state index contributed by atoms with van der Waals surface area (Å²) in [4.78, 5) is 12.4. The lowest BCUT2D eigenvalue weighted by Gasteiger charge is -2.14. The van der Waals surface area contributed by atoms with Crippen LogP contribution < -0.4 is 5.73 Å². The third-order valence-corrected chi connectivity index (χ3v) is 5.52. The summed E-state index contributed by atoms with van der Waals surface area (Å²) in [6.45, 7) is 4.22. The predicted octanol–water partition coefficient (Wildman–Crippen LogP) is 5.49. The fourth-order valence-corrected chi connectivity index (χ4v) is 3.96. The normalized spacial score (nSPS) is 10.8. The Labute approximate surface area is 180 Å². The lowest BCUT2D eigenvalue weighted by atomic mass is 9.96. The molecule has 3 aromatic rings. The van der Waals surface area contributed by atoms with Crippen molar-refractivity contribution in [1.82, 2.24) is 4.57 Å². The van der Waals surface area contributed by atoms with Gasteiger partial charge >= 0.3 is 0 Å². The van der Waals surface area contributed by atoms with Crippen LogP contribution in [-0.4, -0.2) is 10.5 Å². The lowest BCUT2D eigenvalue weighted by Crippen LogP contribution is -2.13. The maximum atomic E-state index is 13.8. The standard InChI is InChI=1S/C25H25F2N3O/c1-3-4-5-6-22-24(19-10-7-17(14-28)8-11-19)23(25(29)31)16(2)30(22)15-18-9-12-20(26)21(27)13-18/h7-13H,3-6,15H2,1-2H3,(H2,29,31). The van der Waals surface area contributed by atoms with E-state index >= 15 is 0 Å². The molecule has 0 atom stereocenters. The van der Waals surface area contributed by atoms with Crippen LogP contribution in [0.3, 0.4) is 0 Å². The van der Waals surface area contributed by atoms with Gasteiger partial charge in [-0.05, 0) is 55.2 Å². The molecule has 1 aromatic heterocycles. The number of aromatic nitrogens is 1. The first-order valence-electron chi connectivity index (χ1n) is 10.3. The summed E-state index contributed by atoms with van der Waals surface area (Å²) >= 11 is 0. The van der Waals surface area contributed by atoms with Gasteiger partial charge in [-0.3, -0.25) is 4.79 Å². The molecule has 3 rings (SSSR count). The van der Waals surface area contributed by atoms with E-state index in [1.165, 1.54) is 6.07 Å². The van der Waals surface area contributed by atoms with Gasteiger partial charge in [0.1, 0.15) is 0 Å². The first-order valence-corrected chi connectivity index (χ1v) is 10.3. The molecule has 0 bridgehead atoms. The Morgan fingerprint density at radius 2 is 1.81 bits per heavy atom. The molecule has 1 amide bonds. The summed E-state index contributed by atoms with van der Waals surface area (Å²) in [6, 6.07) is 13.0. The van der Waals surface area contributed by atoms with E-state index in [9.17, 15) is 13.6 Å². The fourth-order valence-electron chi connectivity index (χ4n) is 3.96. The van der Waals surface area contributed by atoms with Crippen molar-refractivity contribution in [2.75, 3.05) is 0 Å². The second-order valence-electron chi connectivity index (χ2n) is 7.63. The first kappa shape index (κ1) is 22.2. The number of primary amides is 1. The molecule has 4 nitrogen and oxygen atoms in total. The maximum Gasteiger partial charge on any atom is 0.251 e. The smallest absolute Gasteiger partial charge is 0.251 e. The average Bonchev–Trinajstić information content (AvgIpc) is 3.03. The number of carbonyl (C=O) groups excluding carboxylic acids is 1. The van der Waals surface area contributed by atoms with E-state index in [0.717, 1.165) is 42.1 Å². The Hall–Kier alpha value is -3.46. The molecule has 1 heterocycles. The van der Waals surface area contributed by atoms with Gasteiger partial charge in [-0.15, -0.1) is 0 Å². The number of carbonyl (C=O) groups is 1. The number of hydrogen-bond acceptors (Lipinski definition) is 2. The van der Waals surface area contributed by atoms with Crippen LogP contribution in [0.4, 0.5) is 8.78 Å². The monoisotopic (exact) mass is 421 g/mol. The minimum Gasteiger partial charge on any atom is -0.366 e. The second kappa shape index (κ2) is 9.57. The van der Waals surface area contributed by atoms with Crippen LogP contribution in [0.1, 0.15) is 59.1 Å². The van der Waals surface area contributed by atoms with Gasteiger partial charge in [-0.25, -0.2) is 8.78 Å². The fraction of sp³-hybridized carbons (Fsp3) is 0.280. The van der Waals surface area contributed by atoms with E-state index in [1.54, 1.807) is 18.2 Å². The highest BCUT2D eigenvalue weighted by molar-refractivity contribution is 6.02. The molecule has 0 aliphatic rings. The van der Waals surface area contributed by atoms with Crippen molar-refractivity contribution in [3.8, 4) is 17.2 Å². The van der Waals surface area contributed by atoms with E-state index in [2.05, 4.69) is 13.0 Å². The number of amides is 1.